The number of rotatable bonds is 19. The van der Waals surface area contributed by atoms with Crippen LogP contribution < -0.4 is 6.15 Å². The van der Waals surface area contributed by atoms with Crippen molar-refractivity contribution >= 4 is 77.4 Å². The van der Waals surface area contributed by atoms with Crippen molar-refractivity contribution in [3.63, 3.8) is 0 Å². The van der Waals surface area contributed by atoms with E-state index in [1.165, 1.54) is 57.8 Å². The maximum absolute atomic E-state index is 11.8. The Bertz CT molecular complexity index is 764. The third-order valence-corrected chi connectivity index (χ3v) is 5.75. The van der Waals surface area contributed by atoms with E-state index in [0.29, 0.717) is 6.42 Å². The second-order valence-corrected chi connectivity index (χ2v) is 9.31. The van der Waals surface area contributed by atoms with Crippen LogP contribution in [0, 0.1) is 0 Å². The van der Waals surface area contributed by atoms with Crippen LogP contribution in [0.5, 0.6) is 0 Å². The van der Waals surface area contributed by atoms with Crippen LogP contribution in [-0.4, -0.2) is 115 Å². The Kier molecular flexibility index (Phi) is 29.5. The van der Waals surface area contributed by atoms with Gasteiger partial charge in [0.05, 0.1) is 0 Å². The van der Waals surface area contributed by atoms with E-state index in [4.69, 9.17) is 9.29 Å². The molecule has 15 heteroatoms. The van der Waals surface area contributed by atoms with Gasteiger partial charge >= 0.3 is 60.1 Å². The first-order valence-corrected chi connectivity index (χ1v) is 13.2. The standard InChI is InChI=1S/C22H38O10S.Al.Ca.H3N.H2O.5H/c1-2-3-4-5-6-7-8-9-10-11-12-13-14-15-18(24)30-16-17(23)20-21(32-33(27,28)29)19(25)22(26)31-20;;;;;;;;;/h17,20,23,25H,2-16H2,1H3,(H,27,28,29);;;1H3;1H2;;;;;/q;;+2;;;;;;2*-1/t17-,20+;;;;;;;;;/m0........./s1. The molecule has 218 valence electrons. The fourth-order valence-electron chi connectivity index (χ4n) is 3.54. The van der Waals surface area contributed by atoms with Gasteiger partial charge in [-0.05, 0) is 6.42 Å². The van der Waals surface area contributed by atoms with Crippen molar-refractivity contribution < 1.29 is 54.8 Å². The minimum absolute atomic E-state index is 0. The van der Waals surface area contributed by atoms with E-state index in [1.807, 2.05) is 0 Å². The van der Waals surface area contributed by atoms with Crippen LogP contribution in [-0.2, 0) is 33.6 Å². The Hall–Kier alpha value is -0.138. The number of aliphatic hydroxyl groups is 2. The van der Waals surface area contributed by atoms with Crippen molar-refractivity contribution in [2.45, 2.75) is 109 Å². The normalized spacial score (nSPS) is 15.3. The van der Waals surface area contributed by atoms with Gasteiger partial charge in [0, 0.05) is 6.42 Å². The van der Waals surface area contributed by atoms with Gasteiger partial charge in [-0.3, -0.25) is 9.35 Å². The third kappa shape index (κ3) is 20.4. The molecule has 0 spiro atoms. The Morgan fingerprint density at radius 3 is 1.86 bits per heavy atom. The predicted octanol–water partition coefficient (Wildman–Crippen LogP) is 1.88. The van der Waals surface area contributed by atoms with Crippen LogP contribution in [0.1, 0.15) is 99.7 Å². The van der Waals surface area contributed by atoms with Crippen LogP contribution in [0.2, 0.25) is 0 Å². The quantitative estimate of drug-likeness (QED) is 0.0724. The van der Waals surface area contributed by atoms with Crippen molar-refractivity contribution in [2.24, 2.45) is 0 Å². The summed E-state index contributed by atoms with van der Waals surface area (Å²) in [5.74, 6) is -4.07. The largest absolute Gasteiger partial charge is 2.00 e. The van der Waals surface area contributed by atoms with Gasteiger partial charge in [-0.2, -0.15) is 8.42 Å². The van der Waals surface area contributed by atoms with E-state index in [2.05, 4.69) is 15.8 Å². The average Bonchev–Trinajstić information content (AvgIpc) is 3.02. The van der Waals surface area contributed by atoms with E-state index in [-0.39, 0.29) is 76.0 Å². The molecule has 8 N–H and O–H groups in total. The molecule has 0 saturated heterocycles. The molecule has 1 aliphatic rings. The van der Waals surface area contributed by atoms with Gasteiger partial charge in [0.1, 0.15) is 12.7 Å². The number of esters is 2. The maximum Gasteiger partial charge on any atom is 2.00 e. The number of aliphatic hydroxyl groups excluding tert-OH is 2. The van der Waals surface area contributed by atoms with Crippen molar-refractivity contribution in [1.82, 2.24) is 6.15 Å². The number of cyclic esters (lactones) is 1. The molecule has 1 heterocycles. The van der Waals surface area contributed by atoms with Crippen LogP contribution >= 0.6 is 0 Å². The van der Waals surface area contributed by atoms with Gasteiger partial charge < -0.3 is 38.3 Å². The molecule has 0 aromatic rings. The van der Waals surface area contributed by atoms with E-state index >= 15 is 0 Å². The summed E-state index contributed by atoms with van der Waals surface area (Å²) in [6.45, 7) is 1.61. The van der Waals surface area contributed by atoms with E-state index in [0.717, 1.165) is 19.3 Å². The molecule has 0 bridgehead atoms. The molecule has 37 heavy (non-hydrogen) atoms. The SMILES string of the molecule is CCCCCCCCCCCCCCCC(=O)OC[C@H](O)[C@H]1OC(=O)C(O)=C1OS(=O)(=O)O.N.O.[AlH3].[Ca+2].[H-].[H-]. The number of unbranched alkanes of at least 4 members (excludes halogenated alkanes) is 12. The molecular formula is C22H48AlCaNO11S. The molecule has 0 radical (unpaired) electrons. The number of hydrogen-bond donors (Lipinski definition) is 4. The van der Waals surface area contributed by atoms with Crippen molar-refractivity contribution in [3.8, 4) is 0 Å². The summed E-state index contributed by atoms with van der Waals surface area (Å²) in [6, 6.07) is 0. The van der Waals surface area contributed by atoms with Gasteiger partial charge in [-0.25, -0.2) is 4.79 Å². The molecule has 0 aromatic heterocycles. The fraction of sp³-hybridized carbons (Fsp3) is 0.818. The third-order valence-electron chi connectivity index (χ3n) is 5.36. The molecule has 2 atom stereocenters. The molecule has 0 amide bonds. The minimum Gasteiger partial charge on any atom is -1.00 e. The summed E-state index contributed by atoms with van der Waals surface area (Å²) >= 11 is 0. The first-order chi connectivity index (χ1) is 15.7. The molecule has 0 aromatic carbocycles. The van der Waals surface area contributed by atoms with E-state index < -0.39 is 52.7 Å². The van der Waals surface area contributed by atoms with Crippen LogP contribution in [0.15, 0.2) is 11.5 Å². The summed E-state index contributed by atoms with van der Waals surface area (Å²) in [5, 5.41) is 19.5. The number of ether oxygens (including phenoxy) is 2. The Balaban J connectivity index is -0.000000454. The Morgan fingerprint density at radius 2 is 1.43 bits per heavy atom. The fourth-order valence-corrected chi connectivity index (χ4v) is 3.94. The first-order valence-electron chi connectivity index (χ1n) is 11.8. The Morgan fingerprint density at radius 1 is 1.00 bits per heavy atom. The maximum atomic E-state index is 11.8. The second kappa shape index (κ2) is 24.9. The summed E-state index contributed by atoms with van der Waals surface area (Å²) < 4.78 is 44.0. The molecule has 0 saturated carbocycles. The topological polar surface area (TPSA) is 223 Å². The average molecular weight is 602 g/mol. The van der Waals surface area contributed by atoms with Crippen molar-refractivity contribution in [2.75, 3.05) is 6.61 Å². The number of carbonyl (C=O) groups is 2. The zero-order valence-electron chi connectivity index (χ0n) is 23.3. The first kappa shape index (κ1) is 43.9. The van der Waals surface area contributed by atoms with Crippen LogP contribution in [0.25, 0.3) is 0 Å². The molecular weight excluding hydrogens is 553 g/mol. The smallest absolute Gasteiger partial charge is 1.00 e. The van der Waals surface area contributed by atoms with Gasteiger partial charge in [0.25, 0.3) is 0 Å². The second-order valence-electron chi connectivity index (χ2n) is 8.29. The Labute approximate surface area is 263 Å². The van der Waals surface area contributed by atoms with Crippen LogP contribution in [0.4, 0.5) is 0 Å². The van der Waals surface area contributed by atoms with E-state index in [9.17, 15) is 28.2 Å². The van der Waals surface area contributed by atoms with Crippen molar-refractivity contribution in [3.05, 3.63) is 11.5 Å². The molecule has 1 aliphatic heterocycles. The summed E-state index contributed by atoms with van der Waals surface area (Å²) in [6.07, 6.45) is 12.1. The molecule has 12 nitrogen and oxygen atoms in total. The van der Waals surface area contributed by atoms with Gasteiger partial charge in [0.15, 0.2) is 23.5 Å². The van der Waals surface area contributed by atoms with Gasteiger partial charge in [-0.15, -0.1) is 0 Å². The van der Waals surface area contributed by atoms with E-state index in [1.54, 1.807) is 0 Å². The monoisotopic (exact) mass is 601 g/mol. The predicted molar refractivity (Wildman–Crippen MR) is 146 cm³/mol. The summed E-state index contributed by atoms with van der Waals surface area (Å²) in [5.41, 5.74) is 0. The van der Waals surface area contributed by atoms with Gasteiger partial charge in [-0.1, -0.05) is 84.0 Å². The molecule has 0 aliphatic carbocycles. The van der Waals surface area contributed by atoms with Crippen molar-refractivity contribution in [1.29, 1.82) is 0 Å². The summed E-state index contributed by atoms with van der Waals surface area (Å²) in [7, 11) is -5.06. The molecule has 0 unspecified atom stereocenters. The zero-order valence-corrected chi connectivity index (χ0v) is 24.3. The van der Waals surface area contributed by atoms with Crippen LogP contribution in [0.3, 0.4) is 0 Å². The number of carbonyl (C=O) groups excluding carboxylic acids is 2. The zero-order chi connectivity index (χ0) is 24.7. The molecule has 0 fully saturated rings. The minimum atomic E-state index is -5.06. The van der Waals surface area contributed by atoms with Gasteiger partial charge in [0.2, 0.25) is 11.5 Å². The summed E-state index contributed by atoms with van der Waals surface area (Å²) in [4.78, 5) is 23.2. The molecule has 1 rings (SSSR count). The number of hydrogen-bond acceptors (Lipinski definition) is 10.